The first-order valence-electron chi connectivity index (χ1n) is 6.24. The minimum atomic E-state index is -1.25. The zero-order valence-electron chi connectivity index (χ0n) is 10.2. The van der Waals surface area contributed by atoms with E-state index in [0.29, 0.717) is 0 Å². The highest BCUT2D eigenvalue weighted by atomic mass is 16.6. The number of carbonyl (C=O) groups is 1. The number of urea groups is 1. The van der Waals surface area contributed by atoms with Gasteiger partial charge in [-0.1, -0.05) is 0 Å². The summed E-state index contributed by atoms with van der Waals surface area (Å²) in [7, 11) is 0. The molecule has 1 saturated heterocycles. The van der Waals surface area contributed by atoms with Gasteiger partial charge in [0.05, 0.1) is 6.61 Å². The monoisotopic (exact) mass is 268 g/mol. The Balaban J connectivity index is 1.78. The van der Waals surface area contributed by atoms with Crippen molar-refractivity contribution >= 4 is 6.03 Å². The van der Waals surface area contributed by atoms with E-state index >= 15 is 0 Å². The lowest BCUT2D eigenvalue weighted by atomic mass is 10.1. The third-order valence-corrected chi connectivity index (χ3v) is 3.55. The fraction of sp³-hybridized carbons (Fsp3) is 0.583. The van der Waals surface area contributed by atoms with Gasteiger partial charge in [0, 0.05) is 11.9 Å². The van der Waals surface area contributed by atoms with E-state index in [2.05, 4.69) is 5.32 Å². The van der Waals surface area contributed by atoms with Gasteiger partial charge in [0.25, 0.3) is 0 Å². The van der Waals surface area contributed by atoms with Crippen molar-refractivity contribution in [2.24, 2.45) is 0 Å². The van der Waals surface area contributed by atoms with Gasteiger partial charge in [0.15, 0.2) is 6.23 Å². The van der Waals surface area contributed by atoms with Crippen molar-refractivity contribution in [3.05, 3.63) is 23.5 Å². The van der Waals surface area contributed by atoms with E-state index < -0.39 is 37.2 Å². The number of nitrogens with one attached hydrogen (secondary N) is 1. The van der Waals surface area contributed by atoms with E-state index in [1.54, 1.807) is 6.08 Å². The van der Waals surface area contributed by atoms with Crippen molar-refractivity contribution in [3.63, 3.8) is 0 Å². The fourth-order valence-corrected chi connectivity index (χ4v) is 2.29. The van der Waals surface area contributed by atoms with Gasteiger partial charge < -0.3 is 25.4 Å². The first-order chi connectivity index (χ1) is 9.11. The summed E-state index contributed by atoms with van der Waals surface area (Å²) in [5, 5.41) is 31.3. The molecule has 4 atom stereocenters. The Bertz CT molecular complexity index is 455. The molecule has 7 heteroatoms. The second-order valence-electron chi connectivity index (χ2n) is 4.90. The molecule has 104 valence electrons. The van der Waals surface area contributed by atoms with Crippen LogP contribution in [-0.4, -0.2) is 57.4 Å². The number of hydrogen-bond acceptors (Lipinski definition) is 5. The number of carbonyl (C=O) groups excluding carboxylic acids is 1. The molecule has 2 aliphatic heterocycles. The van der Waals surface area contributed by atoms with E-state index in [1.165, 1.54) is 16.7 Å². The van der Waals surface area contributed by atoms with Gasteiger partial charge in [-0.15, -0.1) is 0 Å². The van der Waals surface area contributed by atoms with Crippen LogP contribution in [0.5, 0.6) is 0 Å². The average Bonchev–Trinajstić information content (AvgIpc) is 3.20. The van der Waals surface area contributed by atoms with Crippen molar-refractivity contribution < 1.29 is 24.9 Å². The number of ether oxygens (including phenoxy) is 1. The lowest BCUT2D eigenvalue weighted by Crippen LogP contribution is -2.49. The largest absolute Gasteiger partial charge is 0.394 e. The number of allylic oxidation sites excluding steroid dienone is 2. The number of rotatable bonds is 2. The summed E-state index contributed by atoms with van der Waals surface area (Å²) in [5.41, 5.74) is 2.00. The van der Waals surface area contributed by atoms with Gasteiger partial charge in [0.2, 0.25) is 0 Å². The molecule has 7 nitrogen and oxygen atoms in total. The standard InChI is InChI=1S/C12H16N2O5/c15-5-8-9(16)10(17)11(19-8)14-4-3-7(6-1-2-6)13-12(14)18/h3-4,8-11,15-17H,1-2,5H2,(H,13,18). The third kappa shape index (κ3) is 2.14. The van der Waals surface area contributed by atoms with E-state index in [1.807, 2.05) is 0 Å². The quantitative estimate of drug-likeness (QED) is 0.515. The summed E-state index contributed by atoms with van der Waals surface area (Å²) >= 11 is 0. The van der Waals surface area contributed by atoms with Crippen molar-refractivity contribution in [2.45, 2.75) is 37.4 Å². The molecule has 3 aliphatic rings. The number of aliphatic hydroxyl groups is 3. The average molecular weight is 268 g/mol. The molecule has 0 aromatic carbocycles. The van der Waals surface area contributed by atoms with Crippen LogP contribution in [0.1, 0.15) is 12.8 Å². The summed E-state index contributed by atoms with van der Waals surface area (Å²) in [4.78, 5) is 13.2. The summed E-state index contributed by atoms with van der Waals surface area (Å²) in [6, 6.07) is -0.410. The zero-order chi connectivity index (χ0) is 13.6. The van der Waals surface area contributed by atoms with Crippen molar-refractivity contribution in [1.82, 2.24) is 10.2 Å². The molecule has 19 heavy (non-hydrogen) atoms. The highest BCUT2D eigenvalue weighted by Crippen LogP contribution is 2.33. The molecule has 4 N–H and O–H groups in total. The molecule has 0 aromatic heterocycles. The summed E-state index contributed by atoms with van der Waals surface area (Å²) in [5.74, 6) is 0. The Hall–Kier alpha value is -1.41. The smallest absolute Gasteiger partial charge is 0.328 e. The second kappa shape index (κ2) is 4.61. The molecule has 4 unspecified atom stereocenters. The molecular formula is C12H16N2O5. The van der Waals surface area contributed by atoms with Crippen LogP contribution in [0, 0.1) is 0 Å². The van der Waals surface area contributed by atoms with Crippen LogP contribution in [0.2, 0.25) is 0 Å². The van der Waals surface area contributed by atoms with Crippen LogP contribution in [0.4, 0.5) is 4.79 Å². The first kappa shape index (κ1) is 12.6. The number of hydrogen-bond donors (Lipinski definition) is 4. The number of amides is 2. The van der Waals surface area contributed by atoms with Crippen LogP contribution in [0.25, 0.3) is 0 Å². The molecule has 1 saturated carbocycles. The van der Waals surface area contributed by atoms with Crippen LogP contribution in [-0.2, 0) is 4.74 Å². The number of aliphatic hydroxyl groups excluding tert-OH is 3. The SMILES string of the molecule is O=C1NC(=C2CC2)C=CN1C1OC(CO)C(O)C1O. The molecule has 0 radical (unpaired) electrons. The van der Waals surface area contributed by atoms with Gasteiger partial charge in [0.1, 0.15) is 18.3 Å². The maximum Gasteiger partial charge on any atom is 0.328 e. The van der Waals surface area contributed by atoms with E-state index in [-0.39, 0.29) is 0 Å². The van der Waals surface area contributed by atoms with Crippen LogP contribution >= 0.6 is 0 Å². The minimum absolute atomic E-state index is 0.410. The summed E-state index contributed by atoms with van der Waals surface area (Å²) in [6.07, 6.45) is 0.931. The Kier molecular flexibility index (Phi) is 3.06. The summed E-state index contributed by atoms with van der Waals surface area (Å²) < 4.78 is 5.30. The normalized spacial score (nSPS) is 37.8. The lowest BCUT2D eigenvalue weighted by Gasteiger charge is -2.30. The Morgan fingerprint density at radius 3 is 2.63 bits per heavy atom. The number of nitrogens with zero attached hydrogens (tertiary/aromatic N) is 1. The topological polar surface area (TPSA) is 102 Å². The van der Waals surface area contributed by atoms with Crippen molar-refractivity contribution in [2.75, 3.05) is 6.61 Å². The Morgan fingerprint density at radius 2 is 2.11 bits per heavy atom. The highest BCUT2D eigenvalue weighted by Gasteiger charge is 2.46. The molecule has 0 spiro atoms. The molecule has 3 rings (SSSR count). The first-order valence-corrected chi connectivity index (χ1v) is 6.24. The van der Waals surface area contributed by atoms with Gasteiger partial charge in [-0.2, -0.15) is 0 Å². The molecule has 2 amide bonds. The van der Waals surface area contributed by atoms with Crippen LogP contribution in [0.15, 0.2) is 23.5 Å². The van der Waals surface area contributed by atoms with Crippen LogP contribution in [0.3, 0.4) is 0 Å². The zero-order valence-corrected chi connectivity index (χ0v) is 10.2. The Labute approximate surface area is 109 Å². The van der Waals surface area contributed by atoms with Gasteiger partial charge >= 0.3 is 6.03 Å². The minimum Gasteiger partial charge on any atom is -0.394 e. The van der Waals surface area contributed by atoms with E-state index in [9.17, 15) is 15.0 Å². The van der Waals surface area contributed by atoms with Gasteiger partial charge in [-0.25, -0.2) is 4.79 Å². The second-order valence-corrected chi connectivity index (χ2v) is 4.90. The highest BCUT2D eigenvalue weighted by molar-refractivity contribution is 5.80. The van der Waals surface area contributed by atoms with Gasteiger partial charge in [-0.05, 0) is 24.5 Å². The predicted molar refractivity (Wildman–Crippen MR) is 63.5 cm³/mol. The molecule has 0 aromatic rings. The van der Waals surface area contributed by atoms with E-state index in [4.69, 9.17) is 9.84 Å². The molecule has 2 fully saturated rings. The molecule has 1 aliphatic carbocycles. The molecular weight excluding hydrogens is 252 g/mol. The maximum absolute atomic E-state index is 12.0. The third-order valence-electron chi connectivity index (χ3n) is 3.55. The van der Waals surface area contributed by atoms with Gasteiger partial charge in [-0.3, -0.25) is 4.90 Å². The predicted octanol–water partition coefficient (Wildman–Crippen LogP) is -0.988. The summed E-state index contributed by atoms with van der Waals surface area (Å²) in [6.45, 7) is -0.413. The fourth-order valence-electron chi connectivity index (χ4n) is 2.29. The van der Waals surface area contributed by atoms with E-state index in [0.717, 1.165) is 18.5 Å². The van der Waals surface area contributed by atoms with Crippen molar-refractivity contribution in [1.29, 1.82) is 0 Å². The Morgan fingerprint density at radius 1 is 1.37 bits per heavy atom. The van der Waals surface area contributed by atoms with Crippen LogP contribution < -0.4 is 5.32 Å². The van der Waals surface area contributed by atoms with Crippen molar-refractivity contribution in [3.8, 4) is 0 Å². The molecule has 2 heterocycles. The lowest BCUT2D eigenvalue weighted by molar-refractivity contribution is -0.0652. The molecule has 0 bridgehead atoms. The maximum atomic E-state index is 12.0.